The van der Waals surface area contributed by atoms with Crippen LogP contribution in [0.3, 0.4) is 0 Å². The third-order valence-electron chi connectivity index (χ3n) is 3.39. The van der Waals surface area contributed by atoms with Gasteiger partial charge < -0.3 is 16.0 Å². The molecule has 2 aromatic carbocycles. The molecule has 0 aliphatic heterocycles. The number of guanidine groups is 1. The highest BCUT2D eigenvalue weighted by Gasteiger charge is 2.13. The Balaban J connectivity index is 2.16. The molecule has 0 atom stereocenters. The van der Waals surface area contributed by atoms with Crippen molar-refractivity contribution in [3.63, 3.8) is 0 Å². The first-order chi connectivity index (χ1) is 10.7. The second kappa shape index (κ2) is 8.20. The van der Waals surface area contributed by atoms with Crippen LogP contribution in [-0.4, -0.2) is 38.0 Å². The molecule has 0 spiro atoms. The molecular formula is C18H24N4. The fraction of sp³-hybridized carbons (Fsp3) is 0.278. The molecule has 0 aliphatic carbocycles. The number of likely N-dealkylation sites (N-methyl/N-ethyl adjacent to an activating group) is 1. The van der Waals surface area contributed by atoms with E-state index in [1.807, 2.05) is 50.5 Å². The molecule has 4 nitrogen and oxygen atoms in total. The van der Waals surface area contributed by atoms with E-state index < -0.39 is 0 Å². The second-order valence-corrected chi connectivity index (χ2v) is 5.47. The molecule has 2 rings (SSSR count). The molecule has 4 heteroatoms. The Morgan fingerprint density at radius 3 is 1.95 bits per heavy atom. The van der Waals surface area contributed by atoms with Crippen LogP contribution in [-0.2, 0) is 0 Å². The van der Waals surface area contributed by atoms with Gasteiger partial charge in [-0.05, 0) is 25.2 Å². The molecule has 0 aliphatic rings. The molecule has 22 heavy (non-hydrogen) atoms. The molecule has 0 radical (unpaired) electrons. The Morgan fingerprint density at radius 2 is 1.50 bits per heavy atom. The summed E-state index contributed by atoms with van der Waals surface area (Å²) < 4.78 is 0. The largest absolute Gasteiger partial charge is 0.370 e. The summed E-state index contributed by atoms with van der Waals surface area (Å²) in [7, 11) is 4.05. The first-order valence-corrected chi connectivity index (χ1v) is 7.48. The van der Waals surface area contributed by atoms with Crippen molar-refractivity contribution in [1.82, 2.24) is 10.2 Å². The molecule has 0 bridgehead atoms. The maximum atomic E-state index is 6.06. The molecule has 0 heterocycles. The lowest BCUT2D eigenvalue weighted by molar-refractivity contribution is 0.420. The number of nitrogens with two attached hydrogens (primary N) is 1. The highest BCUT2D eigenvalue weighted by Crippen LogP contribution is 2.21. The lowest BCUT2D eigenvalue weighted by atomic mass is 9.99. The van der Waals surface area contributed by atoms with Crippen LogP contribution >= 0.6 is 0 Å². The second-order valence-electron chi connectivity index (χ2n) is 5.47. The molecule has 3 N–H and O–H groups in total. The van der Waals surface area contributed by atoms with Crippen LogP contribution in [0.15, 0.2) is 65.7 Å². The van der Waals surface area contributed by atoms with Crippen molar-refractivity contribution in [3.05, 3.63) is 71.8 Å². The number of benzene rings is 2. The molecule has 0 saturated carbocycles. The van der Waals surface area contributed by atoms with Gasteiger partial charge in [-0.3, -0.25) is 4.99 Å². The van der Waals surface area contributed by atoms with Crippen LogP contribution in [0.25, 0.3) is 0 Å². The van der Waals surface area contributed by atoms with Crippen molar-refractivity contribution in [1.29, 1.82) is 0 Å². The zero-order valence-electron chi connectivity index (χ0n) is 13.2. The van der Waals surface area contributed by atoms with Crippen LogP contribution < -0.4 is 11.1 Å². The lowest BCUT2D eigenvalue weighted by Gasteiger charge is -2.20. The Morgan fingerprint density at radius 1 is 1.00 bits per heavy atom. The third-order valence-corrected chi connectivity index (χ3v) is 3.39. The maximum Gasteiger partial charge on any atom is 0.189 e. The molecule has 0 amide bonds. The molecule has 0 saturated heterocycles. The predicted octanol–water partition coefficient (Wildman–Crippen LogP) is 2.24. The summed E-state index contributed by atoms with van der Waals surface area (Å²) in [5.74, 6) is 0.472. The minimum Gasteiger partial charge on any atom is -0.370 e. The van der Waals surface area contributed by atoms with E-state index >= 15 is 0 Å². The van der Waals surface area contributed by atoms with E-state index in [-0.39, 0.29) is 6.04 Å². The summed E-state index contributed by atoms with van der Waals surface area (Å²) in [5, 5.41) is 3.33. The average Bonchev–Trinajstić information content (AvgIpc) is 2.54. The van der Waals surface area contributed by atoms with Gasteiger partial charge in [0, 0.05) is 6.54 Å². The van der Waals surface area contributed by atoms with E-state index in [1.54, 1.807) is 0 Å². The van der Waals surface area contributed by atoms with Gasteiger partial charge in [0.15, 0.2) is 5.96 Å². The van der Waals surface area contributed by atoms with Gasteiger partial charge >= 0.3 is 0 Å². The predicted molar refractivity (Wildman–Crippen MR) is 92.9 cm³/mol. The van der Waals surface area contributed by atoms with E-state index in [0.29, 0.717) is 12.5 Å². The summed E-state index contributed by atoms with van der Waals surface area (Å²) in [6.07, 6.45) is 0. The maximum absolute atomic E-state index is 6.06. The topological polar surface area (TPSA) is 53.6 Å². The quantitative estimate of drug-likeness (QED) is 0.635. The number of aliphatic imine (C=N–C) groups is 1. The molecule has 2 aromatic rings. The smallest absolute Gasteiger partial charge is 0.189 e. The van der Waals surface area contributed by atoms with Gasteiger partial charge in [-0.25, -0.2) is 0 Å². The SMILES string of the molecule is CN(C)CCN=C(N)NC(c1ccccc1)c1ccccc1. The van der Waals surface area contributed by atoms with Crippen LogP contribution in [0.1, 0.15) is 17.2 Å². The van der Waals surface area contributed by atoms with Gasteiger partial charge in [-0.2, -0.15) is 0 Å². The summed E-state index contributed by atoms with van der Waals surface area (Å²) in [4.78, 5) is 6.48. The standard InChI is InChI=1S/C18H24N4/c1-22(2)14-13-20-18(19)21-17(15-9-5-3-6-10-15)16-11-7-4-8-12-16/h3-12,17H,13-14H2,1-2H3,(H3,19,20,21). The lowest BCUT2D eigenvalue weighted by Crippen LogP contribution is -2.36. The molecular weight excluding hydrogens is 272 g/mol. The minimum absolute atomic E-state index is 0.00510. The van der Waals surface area contributed by atoms with Crippen molar-refractivity contribution in [3.8, 4) is 0 Å². The van der Waals surface area contributed by atoms with Gasteiger partial charge in [0.1, 0.15) is 0 Å². The average molecular weight is 296 g/mol. The van der Waals surface area contributed by atoms with Crippen molar-refractivity contribution < 1.29 is 0 Å². The van der Waals surface area contributed by atoms with Crippen molar-refractivity contribution in [2.24, 2.45) is 10.7 Å². The van der Waals surface area contributed by atoms with Gasteiger partial charge in [0.2, 0.25) is 0 Å². The third kappa shape index (κ3) is 4.90. The van der Waals surface area contributed by atoms with Gasteiger partial charge in [-0.1, -0.05) is 60.7 Å². The van der Waals surface area contributed by atoms with Crippen LogP contribution in [0.2, 0.25) is 0 Å². The number of hydrogen-bond acceptors (Lipinski definition) is 2. The van der Waals surface area contributed by atoms with Crippen LogP contribution in [0.4, 0.5) is 0 Å². The van der Waals surface area contributed by atoms with E-state index in [2.05, 4.69) is 39.5 Å². The van der Waals surface area contributed by atoms with Crippen LogP contribution in [0, 0.1) is 0 Å². The van der Waals surface area contributed by atoms with E-state index in [9.17, 15) is 0 Å². The number of hydrogen-bond donors (Lipinski definition) is 2. The van der Waals surface area contributed by atoms with Crippen molar-refractivity contribution in [2.45, 2.75) is 6.04 Å². The normalized spacial score (nSPS) is 11.9. The summed E-state index contributed by atoms with van der Waals surface area (Å²) in [5.41, 5.74) is 8.39. The summed E-state index contributed by atoms with van der Waals surface area (Å²) in [6.45, 7) is 1.56. The minimum atomic E-state index is 0.00510. The fourth-order valence-corrected chi connectivity index (χ4v) is 2.21. The summed E-state index contributed by atoms with van der Waals surface area (Å²) >= 11 is 0. The monoisotopic (exact) mass is 296 g/mol. The Bertz CT molecular complexity index is 539. The fourth-order valence-electron chi connectivity index (χ4n) is 2.21. The van der Waals surface area contributed by atoms with Crippen LogP contribution in [0.5, 0.6) is 0 Å². The Kier molecular flexibility index (Phi) is 5.98. The Labute approximate surface area is 132 Å². The van der Waals surface area contributed by atoms with Gasteiger partial charge in [-0.15, -0.1) is 0 Å². The summed E-state index contributed by atoms with van der Waals surface area (Å²) in [6, 6.07) is 20.5. The van der Waals surface area contributed by atoms with Gasteiger partial charge in [0.05, 0.1) is 12.6 Å². The highest BCUT2D eigenvalue weighted by atomic mass is 15.1. The van der Waals surface area contributed by atoms with E-state index in [1.165, 1.54) is 11.1 Å². The first-order valence-electron chi connectivity index (χ1n) is 7.48. The van der Waals surface area contributed by atoms with Crippen molar-refractivity contribution >= 4 is 5.96 Å². The zero-order valence-corrected chi connectivity index (χ0v) is 13.2. The zero-order chi connectivity index (χ0) is 15.8. The highest BCUT2D eigenvalue weighted by molar-refractivity contribution is 5.78. The van der Waals surface area contributed by atoms with E-state index in [4.69, 9.17) is 5.73 Å². The number of rotatable bonds is 6. The van der Waals surface area contributed by atoms with Crippen molar-refractivity contribution in [2.75, 3.05) is 27.2 Å². The number of nitrogens with zero attached hydrogens (tertiary/aromatic N) is 2. The number of nitrogens with one attached hydrogen (secondary N) is 1. The molecule has 116 valence electrons. The van der Waals surface area contributed by atoms with E-state index in [0.717, 1.165) is 6.54 Å². The van der Waals surface area contributed by atoms with Gasteiger partial charge in [0.25, 0.3) is 0 Å². The first kappa shape index (κ1) is 16.0. The molecule has 0 fully saturated rings. The molecule has 0 unspecified atom stereocenters. The molecule has 0 aromatic heterocycles. The Hall–Kier alpha value is -2.33.